The SMILES string of the molecule is CNC(=O)C1CCC(N(C(=O)C2CCC(C)CC2)c2cc(C3=CCCCC3)sc2C(=O)O)CC1C(=O)O. The second-order valence-corrected chi connectivity index (χ2v) is 12.0. The van der Waals surface area contributed by atoms with Gasteiger partial charge in [-0.2, -0.15) is 0 Å². The molecule has 37 heavy (non-hydrogen) atoms. The minimum atomic E-state index is -1.08. The first kappa shape index (κ1) is 27.4. The molecule has 0 saturated heterocycles. The Bertz CT molecular complexity index is 1070. The molecule has 3 aliphatic carbocycles. The third-order valence-corrected chi connectivity index (χ3v) is 9.65. The number of carboxylic acid groups (broad SMARTS) is 2. The van der Waals surface area contributed by atoms with Crippen molar-refractivity contribution >= 4 is 46.4 Å². The van der Waals surface area contributed by atoms with E-state index in [1.807, 2.05) is 6.07 Å². The van der Waals surface area contributed by atoms with Crippen LogP contribution in [-0.4, -0.2) is 47.1 Å². The number of carboxylic acids is 2. The average Bonchev–Trinajstić information content (AvgIpc) is 3.34. The molecular weight excluding hydrogens is 492 g/mol. The lowest BCUT2D eigenvalue weighted by Gasteiger charge is -2.41. The molecule has 0 spiro atoms. The Morgan fingerprint density at radius 2 is 1.73 bits per heavy atom. The Labute approximate surface area is 222 Å². The fraction of sp³-hybridized carbons (Fsp3) is 0.643. The van der Waals surface area contributed by atoms with E-state index in [9.17, 15) is 29.4 Å². The van der Waals surface area contributed by atoms with Crippen LogP contribution < -0.4 is 10.2 Å². The van der Waals surface area contributed by atoms with Crippen LogP contribution in [0.4, 0.5) is 5.69 Å². The highest BCUT2D eigenvalue weighted by Crippen LogP contribution is 2.43. The van der Waals surface area contributed by atoms with E-state index in [-0.39, 0.29) is 29.0 Å². The third kappa shape index (κ3) is 5.92. The molecule has 2 saturated carbocycles. The van der Waals surface area contributed by atoms with Crippen molar-refractivity contribution in [3.63, 3.8) is 0 Å². The number of hydrogen-bond donors (Lipinski definition) is 3. The fourth-order valence-corrected chi connectivity index (χ4v) is 7.34. The van der Waals surface area contributed by atoms with Gasteiger partial charge in [0, 0.05) is 23.9 Å². The molecular formula is C28H38N2O6S. The monoisotopic (exact) mass is 530 g/mol. The number of rotatable bonds is 7. The van der Waals surface area contributed by atoms with Gasteiger partial charge in [-0.1, -0.05) is 13.0 Å². The molecule has 3 aliphatic rings. The van der Waals surface area contributed by atoms with Gasteiger partial charge in [0.25, 0.3) is 0 Å². The Morgan fingerprint density at radius 3 is 2.32 bits per heavy atom. The van der Waals surface area contributed by atoms with Crippen molar-refractivity contribution in [2.45, 2.75) is 83.6 Å². The molecule has 3 unspecified atom stereocenters. The number of carbonyl (C=O) groups excluding carboxylic acids is 2. The number of aromatic carboxylic acids is 1. The molecule has 202 valence electrons. The molecule has 1 aromatic rings. The third-order valence-electron chi connectivity index (χ3n) is 8.46. The van der Waals surface area contributed by atoms with E-state index in [4.69, 9.17) is 0 Å². The minimum Gasteiger partial charge on any atom is -0.481 e. The zero-order chi connectivity index (χ0) is 26.7. The zero-order valence-electron chi connectivity index (χ0n) is 21.7. The summed E-state index contributed by atoms with van der Waals surface area (Å²) in [5, 5.41) is 22.7. The normalized spacial score (nSPS) is 28.2. The van der Waals surface area contributed by atoms with Crippen molar-refractivity contribution in [2.75, 3.05) is 11.9 Å². The maximum absolute atomic E-state index is 14.1. The molecule has 1 aromatic heterocycles. The summed E-state index contributed by atoms with van der Waals surface area (Å²) < 4.78 is 0. The van der Waals surface area contributed by atoms with Gasteiger partial charge in [0.15, 0.2) is 0 Å². The molecule has 4 rings (SSSR count). The van der Waals surface area contributed by atoms with Crippen LogP contribution in [0.25, 0.3) is 5.57 Å². The van der Waals surface area contributed by atoms with Crippen LogP contribution in [0.5, 0.6) is 0 Å². The number of thiophene rings is 1. The van der Waals surface area contributed by atoms with Crippen LogP contribution in [0.3, 0.4) is 0 Å². The molecule has 8 nitrogen and oxygen atoms in total. The van der Waals surface area contributed by atoms with Gasteiger partial charge in [0.05, 0.1) is 17.5 Å². The number of nitrogens with one attached hydrogen (secondary N) is 1. The molecule has 1 heterocycles. The molecule has 3 N–H and O–H groups in total. The summed E-state index contributed by atoms with van der Waals surface area (Å²) in [6, 6.07) is 1.37. The van der Waals surface area contributed by atoms with Crippen LogP contribution in [-0.2, 0) is 14.4 Å². The summed E-state index contributed by atoms with van der Waals surface area (Å²) >= 11 is 1.20. The summed E-state index contributed by atoms with van der Waals surface area (Å²) in [5.74, 6) is -3.82. The van der Waals surface area contributed by atoms with Gasteiger partial charge < -0.3 is 20.4 Å². The largest absolute Gasteiger partial charge is 0.481 e. The van der Waals surface area contributed by atoms with Crippen molar-refractivity contribution in [1.82, 2.24) is 5.32 Å². The van der Waals surface area contributed by atoms with E-state index in [2.05, 4.69) is 18.3 Å². The number of carbonyl (C=O) groups is 4. The first-order chi connectivity index (χ1) is 17.7. The minimum absolute atomic E-state index is 0.107. The van der Waals surface area contributed by atoms with Crippen LogP contribution in [0, 0.1) is 23.7 Å². The number of nitrogens with zero attached hydrogens (tertiary/aromatic N) is 1. The van der Waals surface area contributed by atoms with E-state index < -0.39 is 29.8 Å². The maximum Gasteiger partial charge on any atom is 0.348 e. The number of aliphatic carboxylic acids is 1. The van der Waals surface area contributed by atoms with E-state index in [1.54, 1.807) is 4.90 Å². The molecule has 0 aromatic carbocycles. The highest BCUT2D eigenvalue weighted by molar-refractivity contribution is 7.15. The van der Waals surface area contributed by atoms with Crippen LogP contribution >= 0.6 is 11.3 Å². The molecule has 2 fully saturated rings. The predicted molar refractivity (Wildman–Crippen MR) is 143 cm³/mol. The van der Waals surface area contributed by atoms with E-state index >= 15 is 0 Å². The summed E-state index contributed by atoms with van der Waals surface area (Å²) in [6.07, 6.45) is 10.4. The predicted octanol–water partition coefficient (Wildman–Crippen LogP) is 5.18. The van der Waals surface area contributed by atoms with E-state index in [0.717, 1.165) is 61.8 Å². The Kier molecular flexibility index (Phi) is 8.72. The van der Waals surface area contributed by atoms with E-state index in [0.29, 0.717) is 24.4 Å². The van der Waals surface area contributed by atoms with Gasteiger partial charge in [-0.15, -0.1) is 11.3 Å². The number of amides is 2. The first-order valence-electron chi connectivity index (χ1n) is 13.5. The lowest BCUT2D eigenvalue weighted by Crippen LogP contribution is -2.51. The second-order valence-electron chi connectivity index (χ2n) is 10.9. The zero-order valence-corrected chi connectivity index (χ0v) is 22.5. The highest BCUT2D eigenvalue weighted by Gasteiger charge is 2.44. The smallest absolute Gasteiger partial charge is 0.348 e. The number of allylic oxidation sites excluding steroid dienone is 2. The summed E-state index contributed by atoms with van der Waals surface area (Å²) in [6.45, 7) is 2.18. The van der Waals surface area contributed by atoms with Gasteiger partial charge in [0.1, 0.15) is 4.88 Å². The molecule has 2 amide bonds. The van der Waals surface area contributed by atoms with Crippen LogP contribution in [0.1, 0.15) is 92.1 Å². The highest BCUT2D eigenvalue weighted by atomic mass is 32.1. The maximum atomic E-state index is 14.1. The molecule has 0 radical (unpaired) electrons. The molecule has 9 heteroatoms. The topological polar surface area (TPSA) is 124 Å². The standard InChI is InChI=1S/C28H38N2O6S/c1-16-8-10-18(11-9-16)26(32)30(19-12-13-20(25(31)29-2)21(14-19)27(33)34)22-15-23(37-24(22)28(35)36)17-6-4-3-5-7-17/h6,15-16,18-21H,3-5,7-14H2,1-2H3,(H,29,31)(H,33,34)(H,35,36). The molecule has 0 bridgehead atoms. The lowest BCUT2D eigenvalue weighted by molar-refractivity contribution is -0.149. The number of anilines is 1. The summed E-state index contributed by atoms with van der Waals surface area (Å²) in [4.78, 5) is 53.8. The second kappa shape index (κ2) is 11.8. The van der Waals surface area contributed by atoms with Gasteiger partial charge in [-0.25, -0.2) is 4.79 Å². The van der Waals surface area contributed by atoms with Crippen molar-refractivity contribution in [3.05, 3.63) is 21.9 Å². The van der Waals surface area contributed by atoms with Crippen molar-refractivity contribution in [2.24, 2.45) is 23.7 Å². The quantitative estimate of drug-likeness (QED) is 0.446. The van der Waals surface area contributed by atoms with E-state index in [1.165, 1.54) is 18.4 Å². The molecule has 0 aliphatic heterocycles. The molecule has 3 atom stereocenters. The Balaban J connectivity index is 1.74. The number of hydrogen-bond acceptors (Lipinski definition) is 5. The average molecular weight is 531 g/mol. The lowest BCUT2D eigenvalue weighted by atomic mass is 9.75. The van der Waals surface area contributed by atoms with Crippen molar-refractivity contribution in [3.8, 4) is 0 Å². The summed E-state index contributed by atoms with van der Waals surface area (Å²) in [7, 11) is 1.50. The van der Waals surface area contributed by atoms with Crippen molar-refractivity contribution in [1.29, 1.82) is 0 Å². The fourth-order valence-electron chi connectivity index (χ4n) is 6.29. The first-order valence-corrected chi connectivity index (χ1v) is 14.4. The van der Waals surface area contributed by atoms with Crippen LogP contribution in [0.15, 0.2) is 12.1 Å². The summed E-state index contributed by atoms with van der Waals surface area (Å²) in [5.41, 5.74) is 1.51. The van der Waals surface area contributed by atoms with Gasteiger partial charge in [0.2, 0.25) is 11.8 Å². The van der Waals surface area contributed by atoms with Gasteiger partial charge in [-0.3, -0.25) is 14.4 Å². The van der Waals surface area contributed by atoms with Gasteiger partial charge >= 0.3 is 11.9 Å². The Hall–Kier alpha value is -2.68. The van der Waals surface area contributed by atoms with Gasteiger partial charge in [-0.05, 0) is 88.2 Å². The van der Waals surface area contributed by atoms with Crippen molar-refractivity contribution < 1.29 is 29.4 Å². The van der Waals surface area contributed by atoms with Crippen LogP contribution in [0.2, 0.25) is 0 Å². The Morgan fingerprint density at radius 1 is 1.00 bits per heavy atom.